The molecule has 1 aliphatic rings. The maximum Gasteiger partial charge on any atom is 0.321 e. The lowest BCUT2D eigenvalue weighted by Crippen LogP contribution is -2.50. The number of halogens is 1. The van der Waals surface area contributed by atoms with Crippen LogP contribution in [0, 0.1) is 5.82 Å². The summed E-state index contributed by atoms with van der Waals surface area (Å²) in [5.41, 5.74) is 0.294. The molecule has 1 fully saturated rings. The Morgan fingerprint density at radius 1 is 1.29 bits per heavy atom. The number of hydrogen-bond acceptors (Lipinski definition) is 5. The van der Waals surface area contributed by atoms with Gasteiger partial charge in [-0.25, -0.2) is 9.18 Å². The third-order valence-electron chi connectivity index (χ3n) is 4.09. The molecule has 2 N–H and O–H groups in total. The van der Waals surface area contributed by atoms with E-state index in [4.69, 9.17) is 4.74 Å². The number of aryl methyl sites for hydroxylation is 1. The van der Waals surface area contributed by atoms with Crippen LogP contribution in [0.25, 0.3) is 0 Å². The highest BCUT2D eigenvalue weighted by molar-refractivity contribution is 7.15. The Hall–Kier alpha value is -2.06. The number of ether oxygens (including phenoxy) is 1. The quantitative estimate of drug-likeness (QED) is 0.888. The van der Waals surface area contributed by atoms with Gasteiger partial charge in [0.15, 0.2) is 0 Å². The molecule has 0 saturated carbocycles. The predicted octanol–water partition coefficient (Wildman–Crippen LogP) is 3.07. The zero-order chi connectivity index (χ0) is 17.0. The maximum atomic E-state index is 13.2. The fourth-order valence-electron chi connectivity index (χ4n) is 2.77. The van der Waals surface area contributed by atoms with Gasteiger partial charge in [-0.15, -0.1) is 10.2 Å². The van der Waals surface area contributed by atoms with Crippen molar-refractivity contribution in [2.75, 3.05) is 18.5 Å². The van der Waals surface area contributed by atoms with E-state index in [1.807, 2.05) is 6.92 Å². The number of benzene rings is 1. The fraction of sp³-hybridized carbons (Fsp3) is 0.438. The fourth-order valence-corrected chi connectivity index (χ4v) is 3.44. The summed E-state index contributed by atoms with van der Waals surface area (Å²) < 4.78 is 18.6. The average molecular weight is 350 g/mol. The Morgan fingerprint density at radius 2 is 2.00 bits per heavy atom. The van der Waals surface area contributed by atoms with E-state index in [1.54, 1.807) is 12.1 Å². The Kier molecular flexibility index (Phi) is 5.06. The van der Waals surface area contributed by atoms with Gasteiger partial charge >= 0.3 is 6.03 Å². The van der Waals surface area contributed by atoms with Crippen LogP contribution >= 0.6 is 11.3 Å². The third kappa shape index (κ3) is 3.70. The highest BCUT2D eigenvalue weighted by Crippen LogP contribution is 2.32. The van der Waals surface area contributed by atoms with Crippen LogP contribution < -0.4 is 10.6 Å². The van der Waals surface area contributed by atoms with Gasteiger partial charge in [0.25, 0.3) is 0 Å². The van der Waals surface area contributed by atoms with Gasteiger partial charge in [0, 0.05) is 13.2 Å². The minimum absolute atomic E-state index is 0.300. The molecule has 0 aliphatic carbocycles. The summed E-state index contributed by atoms with van der Waals surface area (Å²) in [5.74, 6) is -0.300. The summed E-state index contributed by atoms with van der Waals surface area (Å²) in [6.45, 7) is 3.06. The lowest BCUT2D eigenvalue weighted by Gasteiger charge is -2.38. The van der Waals surface area contributed by atoms with Gasteiger partial charge < -0.3 is 10.1 Å². The molecule has 0 radical (unpaired) electrons. The highest BCUT2D eigenvalue weighted by Gasteiger charge is 2.36. The minimum Gasteiger partial charge on any atom is -0.381 e. The second kappa shape index (κ2) is 7.23. The summed E-state index contributed by atoms with van der Waals surface area (Å²) in [7, 11) is 0. The molecular formula is C16H19FN4O2S. The first-order valence-electron chi connectivity index (χ1n) is 7.87. The molecule has 3 rings (SSSR count). The summed E-state index contributed by atoms with van der Waals surface area (Å²) in [6, 6.07) is 5.89. The molecule has 0 atom stereocenters. The van der Waals surface area contributed by atoms with Crippen molar-refractivity contribution in [3.63, 3.8) is 0 Å². The van der Waals surface area contributed by atoms with Gasteiger partial charge in [0.05, 0.1) is 5.54 Å². The predicted molar refractivity (Wildman–Crippen MR) is 89.6 cm³/mol. The van der Waals surface area contributed by atoms with Crippen LogP contribution in [0.3, 0.4) is 0 Å². The minimum atomic E-state index is -0.575. The molecular weight excluding hydrogens is 331 g/mol. The molecule has 6 nitrogen and oxygen atoms in total. The van der Waals surface area contributed by atoms with Crippen molar-refractivity contribution in [1.82, 2.24) is 15.5 Å². The van der Waals surface area contributed by atoms with Crippen LogP contribution in [0.15, 0.2) is 24.3 Å². The van der Waals surface area contributed by atoms with E-state index in [9.17, 15) is 9.18 Å². The van der Waals surface area contributed by atoms with E-state index in [-0.39, 0.29) is 11.8 Å². The van der Waals surface area contributed by atoms with Gasteiger partial charge in [-0.2, -0.15) is 0 Å². The number of carbonyl (C=O) groups is 1. The Labute approximate surface area is 143 Å². The molecule has 128 valence electrons. The van der Waals surface area contributed by atoms with Gasteiger partial charge in [-0.05, 0) is 37.0 Å². The summed E-state index contributed by atoms with van der Waals surface area (Å²) >= 11 is 1.35. The molecule has 2 aromatic rings. The Balaban J connectivity index is 1.76. The van der Waals surface area contributed by atoms with Crippen molar-refractivity contribution in [2.45, 2.75) is 31.7 Å². The zero-order valence-corrected chi connectivity index (χ0v) is 14.2. The average Bonchev–Trinajstić information content (AvgIpc) is 3.03. The molecule has 2 heterocycles. The van der Waals surface area contributed by atoms with Crippen LogP contribution in [-0.4, -0.2) is 29.4 Å². The molecule has 24 heavy (non-hydrogen) atoms. The first-order chi connectivity index (χ1) is 11.6. The Morgan fingerprint density at radius 3 is 2.62 bits per heavy atom. The summed E-state index contributed by atoms with van der Waals surface area (Å²) in [5, 5.41) is 15.0. The molecule has 2 amide bonds. The zero-order valence-electron chi connectivity index (χ0n) is 13.3. The Bertz CT molecular complexity index is 698. The number of nitrogens with zero attached hydrogens (tertiary/aromatic N) is 2. The number of nitrogens with one attached hydrogen (secondary N) is 2. The smallest absolute Gasteiger partial charge is 0.321 e. The lowest BCUT2D eigenvalue weighted by atomic mass is 9.83. The number of amides is 2. The monoisotopic (exact) mass is 350 g/mol. The van der Waals surface area contributed by atoms with Crippen molar-refractivity contribution in [1.29, 1.82) is 0 Å². The molecule has 1 aliphatic heterocycles. The summed E-state index contributed by atoms with van der Waals surface area (Å²) in [6.07, 6.45) is 2.03. The first-order valence-corrected chi connectivity index (χ1v) is 8.68. The molecule has 0 spiro atoms. The van der Waals surface area contributed by atoms with Crippen LogP contribution in [0.2, 0.25) is 0 Å². The van der Waals surface area contributed by atoms with E-state index in [0.29, 0.717) is 31.2 Å². The van der Waals surface area contributed by atoms with Gasteiger partial charge in [-0.3, -0.25) is 5.32 Å². The second-order valence-corrected chi connectivity index (χ2v) is 6.70. The normalized spacial score (nSPS) is 16.6. The van der Waals surface area contributed by atoms with E-state index in [0.717, 1.165) is 17.0 Å². The van der Waals surface area contributed by atoms with Gasteiger partial charge in [0.1, 0.15) is 10.8 Å². The van der Waals surface area contributed by atoms with E-state index >= 15 is 0 Å². The molecule has 1 saturated heterocycles. The topological polar surface area (TPSA) is 76.1 Å². The molecule has 1 aromatic carbocycles. The second-order valence-electron chi connectivity index (χ2n) is 5.64. The summed E-state index contributed by atoms with van der Waals surface area (Å²) in [4.78, 5) is 12.4. The van der Waals surface area contributed by atoms with Crippen LogP contribution in [0.1, 0.15) is 30.3 Å². The lowest BCUT2D eigenvalue weighted by molar-refractivity contribution is 0.0418. The van der Waals surface area contributed by atoms with E-state index in [2.05, 4.69) is 20.8 Å². The number of carbonyl (C=O) groups excluding carboxylic acids is 1. The number of urea groups is 1. The SMILES string of the molecule is CCc1nnc(NC(=O)NC2(c3ccc(F)cc3)CCOCC2)s1. The standard InChI is InChI=1S/C16H19FN4O2S/c1-2-13-20-21-15(24-13)18-14(22)19-16(7-9-23-10-8-16)11-3-5-12(17)6-4-11/h3-6H,2,7-10H2,1H3,(H2,18,19,21,22). The van der Waals surface area contributed by atoms with E-state index < -0.39 is 5.54 Å². The van der Waals surface area contributed by atoms with Gasteiger partial charge in [-0.1, -0.05) is 30.4 Å². The maximum absolute atomic E-state index is 13.2. The van der Waals surface area contributed by atoms with Crippen molar-refractivity contribution < 1.29 is 13.9 Å². The van der Waals surface area contributed by atoms with Crippen molar-refractivity contribution in [2.24, 2.45) is 0 Å². The largest absolute Gasteiger partial charge is 0.381 e. The van der Waals surface area contributed by atoms with E-state index in [1.165, 1.54) is 23.5 Å². The van der Waals surface area contributed by atoms with Gasteiger partial charge in [0.2, 0.25) is 5.13 Å². The number of aromatic nitrogens is 2. The van der Waals surface area contributed by atoms with Crippen molar-refractivity contribution in [3.05, 3.63) is 40.7 Å². The molecule has 0 bridgehead atoms. The molecule has 1 aromatic heterocycles. The van der Waals surface area contributed by atoms with Crippen molar-refractivity contribution >= 4 is 22.5 Å². The first kappa shape index (κ1) is 16.8. The molecule has 0 unspecified atom stereocenters. The van der Waals surface area contributed by atoms with Crippen molar-refractivity contribution in [3.8, 4) is 0 Å². The third-order valence-corrected chi connectivity index (χ3v) is 5.07. The highest BCUT2D eigenvalue weighted by atomic mass is 32.1. The number of hydrogen-bond donors (Lipinski definition) is 2. The van der Waals surface area contributed by atoms with Crippen LogP contribution in [-0.2, 0) is 16.7 Å². The van der Waals surface area contributed by atoms with Crippen LogP contribution in [0.4, 0.5) is 14.3 Å². The number of rotatable bonds is 4. The van der Waals surface area contributed by atoms with Crippen LogP contribution in [0.5, 0.6) is 0 Å². The number of anilines is 1. The molecule has 8 heteroatoms.